The molecule has 2 heterocycles. The Morgan fingerprint density at radius 3 is 2.94 bits per heavy atom. The number of fused-ring (bicyclic) bond motifs is 1. The van der Waals surface area contributed by atoms with Gasteiger partial charge in [0.05, 0.1) is 12.1 Å². The summed E-state index contributed by atoms with van der Waals surface area (Å²) in [6.07, 6.45) is -0.386. The Morgan fingerprint density at radius 1 is 1.50 bits per heavy atom. The zero-order chi connectivity index (χ0) is 11.7. The van der Waals surface area contributed by atoms with Gasteiger partial charge in [0.2, 0.25) is 0 Å². The van der Waals surface area contributed by atoms with E-state index in [4.69, 9.17) is 4.74 Å². The Kier molecular flexibility index (Phi) is 2.89. The van der Waals surface area contributed by atoms with Crippen molar-refractivity contribution in [3.05, 3.63) is 0 Å². The second kappa shape index (κ2) is 4.19. The highest BCUT2D eigenvalue weighted by Gasteiger charge is 2.37. The van der Waals surface area contributed by atoms with Gasteiger partial charge in [-0.05, 0) is 13.8 Å². The van der Waals surface area contributed by atoms with Gasteiger partial charge in [0.25, 0.3) is 0 Å². The Hall–Kier alpha value is -1.46. The lowest BCUT2D eigenvalue weighted by Crippen LogP contribution is -2.54. The van der Waals surface area contributed by atoms with Crippen LogP contribution in [0, 0.1) is 0 Å². The molecule has 0 aromatic carbocycles. The summed E-state index contributed by atoms with van der Waals surface area (Å²) in [7, 11) is 0. The number of amides is 3. The summed E-state index contributed by atoms with van der Waals surface area (Å²) in [6, 6.07) is 0.0721. The number of piperazine rings is 1. The van der Waals surface area contributed by atoms with Crippen molar-refractivity contribution in [2.75, 3.05) is 26.2 Å². The van der Waals surface area contributed by atoms with E-state index >= 15 is 0 Å². The standard InChI is InChI=1S/C10H17N3O3/c1-7(2)16-10(15)12-3-4-13-8(6-12)5-11-9(13)14/h7-8H,3-6H2,1-2H3,(H,11,14). The first-order chi connectivity index (χ1) is 7.58. The van der Waals surface area contributed by atoms with Crippen LogP contribution in [0.3, 0.4) is 0 Å². The van der Waals surface area contributed by atoms with Crippen molar-refractivity contribution >= 4 is 12.1 Å². The van der Waals surface area contributed by atoms with Gasteiger partial charge in [-0.3, -0.25) is 0 Å². The van der Waals surface area contributed by atoms with E-state index in [1.807, 2.05) is 13.8 Å². The fourth-order valence-electron chi connectivity index (χ4n) is 2.05. The molecule has 6 heteroatoms. The number of hydrogen-bond donors (Lipinski definition) is 1. The third-order valence-electron chi connectivity index (χ3n) is 2.83. The Labute approximate surface area is 94.5 Å². The number of nitrogens with zero attached hydrogens (tertiary/aromatic N) is 2. The molecule has 1 N–H and O–H groups in total. The minimum absolute atomic E-state index is 0.0260. The van der Waals surface area contributed by atoms with E-state index in [1.165, 1.54) is 0 Å². The number of nitrogens with one attached hydrogen (secondary N) is 1. The molecule has 6 nitrogen and oxygen atoms in total. The molecule has 1 unspecified atom stereocenters. The van der Waals surface area contributed by atoms with Crippen molar-refractivity contribution in [2.24, 2.45) is 0 Å². The molecule has 2 aliphatic heterocycles. The molecule has 0 bridgehead atoms. The first kappa shape index (κ1) is 11.0. The van der Waals surface area contributed by atoms with Gasteiger partial charge in [0, 0.05) is 26.2 Å². The molecule has 0 spiro atoms. The Morgan fingerprint density at radius 2 is 2.25 bits per heavy atom. The van der Waals surface area contributed by atoms with Crippen LogP contribution in [0.5, 0.6) is 0 Å². The van der Waals surface area contributed by atoms with Crippen LogP contribution in [0.1, 0.15) is 13.8 Å². The molecule has 16 heavy (non-hydrogen) atoms. The number of ether oxygens (including phenoxy) is 1. The summed E-state index contributed by atoms with van der Waals surface area (Å²) in [4.78, 5) is 26.4. The van der Waals surface area contributed by atoms with Crippen molar-refractivity contribution in [3.63, 3.8) is 0 Å². The largest absolute Gasteiger partial charge is 0.447 e. The van der Waals surface area contributed by atoms with Gasteiger partial charge in [0.1, 0.15) is 0 Å². The van der Waals surface area contributed by atoms with Crippen molar-refractivity contribution in [2.45, 2.75) is 26.0 Å². The van der Waals surface area contributed by atoms with Gasteiger partial charge < -0.3 is 19.9 Å². The van der Waals surface area contributed by atoms with E-state index in [0.29, 0.717) is 26.2 Å². The first-order valence-electron chi connectivity index (χ1n) is 5.58. The summed E-state index contributed by atoms with van der Waals surface area (Å²) in [5, 5.41) is 2.77. The zero-order valence-electron chi connectivity index (χ0n) is 9.60. The van der Waals surface area contributed by atoms with Gasteiger partial charge in [-0.15, -0.1) is 0 Å². The third-order valence-corrected chi connectivity index (χ3v) is 2.83. The molecular formula is C10H17N3O3. The van der Waals surface area contributed by atoms with Crippen LogP contribution in [0.4, 0.5) is 9.59 Å². The van der Waals surface area contributed by atoms with Crippen LogP contribution >= 0.6 is 0 Å². The van der Waals surface area contributed by atoms with E-state index in [-0.39, 0.29) is 24.3 Å². The zero-order valence-corrected chi connectivity index (χ0v) is 9.60. The fourth-order valence-corrected chi connectivity index (χ4v) is 2.05. The molecule has 0 aliphatic carbocycles. The monoisotopic (exact) mass is 227 g/mol. The smallest absolute Gasteiger partial charge is 0.410 e. The molecule has 0 aromatic heterocycles. The van der Waals surface area contributed by atoms with Crippen LogP contribution in [0.15, 0.2) is 0 Å². The number of urea groups is 1. The van der Waals surface area contributed by atoms with Crippen LogP contribution < -0.4 is 5.32 Å². The Bertz CT molecular complexity index is 306. The summed E-state index contributed by atoms with van der Waals surface area (Å²) in [5.74, 6) is 0. The van der Waals surface area contributed by atoms with Gasteiger partial charge in [-0.25, -0.2) is 9.59 Å². The maximum atomic E-state index is 11.7. The van der Waals surface area contributed by atoms with Crippen molar-refractivity contribution in [3.8, 4) is 0 Å². The van der Waals surface area contributed by atoms with E-state index in [2.05, 4.69) is 5.32 Å². The van der Waals surface area contributed by atoms with Gasteiger partial charge in [-0.2, -0.15) is 0 Å². The molecule has 0 aromatic rings. The lowest BCUT2D eigenvalue weighted by atomic mass is 10.2. The van der Waals surface area contributed by atoms with Gasteiger partial charge >= 0.3 is 12.1 Å². The van der Waals surface area contributed by atoms with Crippen LogP contribution in [-0.2, 0) is 4.74 Å². The molecule has 2 rings (SSSR count). The summed E-state index contributed by atoms with van der Waals surface area (Å²) >= 11 is 0. The van der Waals surface area contributed by atoms with E-state index in [1.54, 1.807) is 9.80 Å². The third kappa shape index (κ3) is 2.05. The number of rotatable bonds is 1. The van der Waals surface area contributed by atoms with Crippen molar-refractivity contribution in [1.29, 1.82) is 0 Å². The second-order valence-electron chi connectivity index (χ2n) is 4.41. The lowest BCUT2D eigenvalue weighted by Gasteiger charge is -2.35. The average Bonchev–Trinajstić information content (AvgIpc) is 2.59. The Balaban J connectivity index is 1.91. The maximum Gasteiger partial charge on any atom is 0.410 e. The predicted octanol–water partition coefficient (Wildman–Crippen LogP) is 0.241. The minimum Gasteiger partial charge on any atom is -0.447 e. The minimum atomic E-state index is -0.283. The topological polar surface area (TPSA) is 61.9 Å². The lowest BCUT2D eigenvalue weighted by molar-refractivity contribution is 0.0543. The normalized spacial score (nSPS) is 24.4. The summed E-state index contributed by atoms with van der Waals surface area (Å²) in [6.45, 7) is 5.97. The molecular weight excluding hydrogens is 210 g/mol. The number of carbonyl (C=O) groups excluding carboxylic acids is 2. The van der Waals surface area contributed by atoms with E-state index in [0.717, 1.165) is 0 Å². The van der Waals surface area contributed by atoms with Crippen LogP contribution in [0.25, 0.3) is 0 Å². The molecule has 1 atom stereocenters. The average molecular weight is 227 g/mol. The SMILES string of the molecule is CC(C)OC(=O)N1CCN2C(=O)NCC2C1. The van der Waals surface area contributed by atoms with Gasteiger partial charge in [-0.1, -0.05) is 0 Å². The quantitative estimate of drug-likeness (QED) is 0.698. The van der Waals surface area contributed by atoms with Crippen LogP contribution in [-0.4, -0.2) is 60.2 Å². The summed E-state index contributed by atoms with van der Waals surface area (Å²) < 4.78 is 5.13. The van der Waals surface area contributed by atoms with Crippen LogP contribution in [0.2, 0.25) is 0 Å². The maximum absolute atomic E-state index is 11.7. The molecule has 2 saturated heterocycles. The molecule has 90 valence electrons. The number of carbonyl (C=O) groups is 2. The second-order valence-corrected chi connectivity index (χ2v) is 4.41. The molecule has 2 aliphatic rings. The highest BCUT2D eigenvalue weighted by molar-refractivity contribution is 5.77. The van der Waals surface area contributed by atoms with E-state index in [9.17, 15) is 9.59 Å². The molecule has 0 radical (unpaired) electrons. The predicted molar refractivity (Wildman–Crippen MR) is 57.1 cm³/mol. The highest BCUT2D eigenvalue weighted by Crippen LogP contribution is 2.15. The molecule has 2 fully saturated rings. The van der Waals surface area contributed by atoms with Crippen molar-refractivity contribution in [1.82, 2.24) is 15.1 Å². The summed E-state index contributed by atoms with van der Waals surface area (Å²) in [5.41, 5.74) is 0. The fraction of sp³-hybridized carbons (Fsp3) is 0.800. The number of hydrogen-bond acceptors (Lipinski definition) is 3. The van der Waals surface area contributed by atoms with Crippen molar-refractivity contribution < 1.29 is 14.3 Å². The van der Waals surface area contributed by atoms with Gasteiger partial charge in [0.15, 0.2) is 0 Å². The molecule has 3 amide bonds. The molecule has 0 saturated carbocycles. The first-order valence-corrected chi connectivity index (χ1v) is 5.58. The van der Waals surface area contributed by atoms with E-state index < -0.39 is 0 Å². The highest BCUT2D eigenvalue weighted by atomic mass is 16.6.